The number of hydrogen-bond acceptors (Lipinski definition) is 4. The van der Waals surface area contributed by atoms with E-state index in [-0.39, 0.29) is 17.3 Å². The van der Waals surface area contributed by atoms with Crippen molar-refractivity contribution in [1.29, 1.82) is 0 Å². The van der Waals surface area contributed by atoms with Gasteiger partial charge in [0, 0.05) is 13.1 Å². The van der Waals surface area contributed by atoms with Gasteiger partial charge < -0.3 is 10.2 Å². The van der Waals surface area contributed by atoms with Gasteiger partial charge in [-0.25, -0.2) is 8.42 Å². The molecule has 2 amide bonds. The number of carbonyl (C=O) groups is 2. The lowest BCUT2D eigenvalue weighted by molar-refractivity contribution is -0.140. The van der Waals surface area contributed by atoms with Crippen LogP contribution in [-0.2, 0) is 26.2 Å². The minimum absolute atomic E-state index is 0.0961. The van der Waals surface area contributed by atoms with Crippen LogP contribution in [0.1, 0.15) is 43.4 Å². The van der Waals surface area contributed by atoms with Crippen molar-refractivity contribution in [3.05, 3.63) is 95.6 Å². The number of benzene rings is 3. The average Bonchev–Trinajstić information content (AvgIpc) is 2.91. The van der Waals surface area contributed by atoms with Crippen LogP contribution in [-0.4, -0.2) is 44.3 Å². The molecule has 0 saturated heterocycles. The number of carbonyl (C=O) groups excluding carboxylic acids is 2. The molecule has 0 saturated carbocycles. The zero-order valence-electron chi connectivity index (χ0n) is 22.6. The molecule has 1 N–H and O–H groups in total. The molecule has 3 aromatic carbocycles. The Hall–Kier alpha value is -3.65. The number of aryl methyl sites for hydroxylation is 2. The SMILES string of the molecule is CCCNC(=O)[C@H](CC)N(Cc1ccccc1)C(=O)CN(c1ccc(C)cc1)S(=O)(=O)c1ccc(C)cc1. The maximum Gasteiger partial charge on any atom is 0.264 e. The highest BCUT2D eigenvalue weighted by molar-refractivity contribution is 7.92. The van der Waals surface area contributed by atoms with Crippen molar-refractivity contribution >= 4 is 27.5 Å². The molecule has 1 atom stereocenters. The van der Waals surface area contributed by atoms with Crippen molar-refractivity contribution in [3.8, 4) is 0 Å². The molecular formula is C30H37N3O4S. The summed E-state index contributed by atoms with van der Waals surface area (Å²) in [7, 11) is -4.07. The van der Waals surface area contributed by atoms with Crippen LogP contribution in [0.15, 0.2) is 83.8 Å². The first kappa shape index (κ1) is 28.9. The summed E-state index contributed by atoms with van der Waals surface area (Å²) in [4.78, 5) is 28.6. The summed E-state index contributed by atoms with van der Waals surface area (Å²) in [5, 5.41) is 2.89. The lowest BCUT2D eigenvalue weighted by Crippen LogP contribution is -2.52. The highest BCUT2D eigenvalue weighted by Gasteiger charge is 2.33. The Morgan fingerprint density at radius 1 is 0.842 bits per heavy atom. The number of sulfonamides is 1. The number of amides is 2. The Kier molecular flexibility index (Phi) is 10.1. The maximum atomic E-state index is 13.9. The second-order valence-electron chi connectivity index (χ2n) is 9.38. The molecule has 0 aliphatic rings. The van der Waals surface area contributed by atoms with Crippen molar-refractivity contribution in [2.45, 2.75) is 58.0 Å². The normalized spacial score (nSPS) is 12.0. The summed E-state index contributed by atoms with van der Waals surface area (Å²) < 4.78 is 28.8. The molecule has 0 unspecified atom stereocenters. The standard InChI is InChI=1S/C30H37N3O4S/c1-5-20-31-30(35)28(6-2)32(21-25-10-8-7-9-11-25)29(34)22-33(26-16-12-23(3)13-17-26)38(36,37)27-18-14-24(4)15-19-27/h7-19,28H,5-6,20-22H2,1-4H3,(H,31,35)/t28-/m0/s1. The Morgan fingerprint density at radius 2 is 1.42 bits per heavy atom. The fraction of sp³-hybridized carbons (Fsp3) is 0.333. The zero-order chi connectivity index (χ0) is 27.7. The van der Waals surface area contributed by atoms with Gasteiger partial charge in [-0.1, -0.05) is 79.6 Å². The maximum absolute atomic E-state index is 13.9. The first-order valence-corrected chi connectivity index (χ1v) is 14.4. The van der Waals surface area contributed by atoms with E-state index in [1.807, 2.05) is 70.2 Å². The zero-order valence-corrected chi connectivity index (χ0v) is 23.4. The van der Waals surface area contributed by atoms with Gasteiger partial charge in [0.05, 0.1) is 10.6 Å². The summed E-state index contributed by atoms with van der Waals surface area (Å²) in [5.74, 6) is -0.703. The molecule has 0 radical (unpaired) electrons. The van der Waals surface area contributed by atoms with Gasteiger partial charge in [-0.15, -0.1) is 0 Å². The van der Waals surface area contributed by atoms with Crippen molar-refractivity contribution in [1.82, 2.24) is 10.2 Å². The van der Waals surface area contributed by atoms with Crippen molar-refractivity contribution in [2.24, 2.45) is 0 Å². The second-order valence-corrected chi connectivity index (χ2v) is 11.2. The van der Waals surface area contributed by atoms with Gasteiger partial charge in [0.2, 0.25) is 11.8 Å². The molecule has 202 valence electrons. The highest BCUT2D eigenvalue weighted by atomic mass is 32.2. The van der Waals surface area contributed by atoms with E-state index in [9.17, 15) is 18.0 Å². The van der Waals surface area contributed by atoms with E-state index in [1.165, 1.54) is 4.90 Å². The highest BCUT2D eigenvalue weighted by Crippen LogP contribution is 2.25. The number of anilines is 1. The lowest BCUT2D eigenvalue weighted by Gasteiger charge is -2.33. The molecule has 0 aliphatic carbocycles. The van der Waals surface area contributed by atoms with Gasteiger partial charge in [-0.05, 0) is 56.5 Å². The van der Waals surface area contributed by atoms with Crippen LogP contribution in [0.25, 0.3) is 0 Å². The van der Waals surface area contributed by atoms with Gasteiger partial charge in [-0.3, -0.25) is 13.9 Å². The summed E-state index contributed by atoms with van der Waals surface area (Å²) >= 11 is 0. The summed E-state index contributed by atoms with van der Waals surface area (Å²) in [6.45, 7) is 7.85. The average molecular weight is 536 g/mol. The molecule has 0 aromatic heterocycles. The third-order valence-corrected chi connectivity index (χ3v) is 8.13. The van der Waals surface area contributed by atoms with Gasteiger partial charge in [0.15, 0.2) is 0 Å². The molecule has 0 spiro atoms. The van der Waals surface area contributed by atoms with Gasteiger partial charge in [-0.2, -0.15) is 0 Å². The molecule has 0 bridgehead atoms. The third kappa shape index (κ3) is 7.22. The molecule has 3 rings (SSSR count). The first-order valence-electron chi connectivity index (χ1n) is 12.9. The molecule has 0 fully saturated rings. The van der Waals surface area contributed by atoms with E-state index < -0.39 is 28.5 Å². The predicted molar refractivity (Wildman–Crippen MR) is 151 cm³/mol. The minimum Gasteiger partial charge on any atom is -0.354 e. The van der Waals surface area contributed by atoms with Crippen LogP contribution in [0.4, 0.5) is 5.69 Å². The summed E-state index contributed by atoms with van der Waals surface area (Å²) in [6, 6.07) is 22.2. The topological polar surface area (TPSA) is 86.8 Å². The van der Waals surface area contributed by atoms with Crippen LogP contribution >= 0.6 is 0 Å². The molecule has 8 heteroatoms. The van der Waals surface area contributed by atoms with E-state index in [0.717, 1.165) is 27.4 Å². The summed E-state index contributed by atoms with van der Waals surface area (Å²) in [5.41, 5.74) is 3.13. The second kappa shape index (κ2) is 13.2. The molecule has 0 heterocycles. The Labute approximate surface area is 226 Å². The third-order valence-electron chi connectivity index (χ3n) is 6.34. The van der Waals surface area contributed by atoms with Gasteiger partial charge in [0.25, 0.3) is 10.0 Å². The van der Waals surface area contributed by atoms with Crippen LogP contribution in [0.3, 0.4) is 0 Å². The van der Waals surface area contributed by atoms with E-state index in [4.69, 9.17) is 0 Å². The van der Waals surface area contributed by atoms with Gasteiger partial charge >= 0.3 is 0 Å². The summed E-state index contributed by atoms with van der Waals surface area (Å²) in [6.07, 6.45) is 1.16. The monoisotopic (exact) mass is 535 g/mol. The van der Waals surface area contributed by atoms with Crippen molar-refractivity contribution in [2.75, 3.05) is 17.4 Å². The first-order chi connectivity index (χ1) is 18.2. The van der Waals surface area contributed by atoms with Crippen LogP contribution in [0.5, 0.6) is 0 Å². The van der Waals surface area contributed by atoms with Crippen LogP contribution < -0.4 is 9.62 Å². The fourth-order valence-electron chi connectivity index (χ4n) is 4.14. The van der Waals surface area contributed by atoms with E-state index in [1.54, 1.807) is 36.4 Å². The van der Waals surface area contributed by atoms with E-state index in [0.29, 0.717) is 18.7 Å². The predicted octanol–water partition coefficient (Wildman–Crippen LogP) is 4.83. The quantitative estimate of drug-likeness (QED) is 0.360. The van der Waals surface area contributed by atoms with Crippen LogP contribution in [0, 0.1) is 13.8 Å². The smallest absolute Gasteiger partial charge is 0.264 e. The Morgan fingerprint density at radius 3 is 1.97 bits per heavy atom. The Balaban J connectivity index is 2.03. The number of nitrogens with one attached hydrogen (secondary N) is 1. The fourth-order valence-corrected chi connectivity index (χ4v) is 5.56. The molecular weight excluding hydrogens is 498 g/mol. The van der Waals surface area contributed by atoms with Crippen molar-refractivity contribution < 1.29 is 18.0 Å². The molecule has 7 nitrogen and oxygen atoms in total. The number of hydrogen-bond donors (Lipinski definition) is 1. The Bertz CT molecular complexity index is 1310. The van der Waals surface area contributed by atoms with E-state index in [2.05, 4.69) is 5.32 Å². The molecule has 3 aromatic rings. The molecule has 0 aliphatic heterocycles. The number of nitrogens with zero attached hydrogens (tertiary/aromatic N) is 2. The molecule has 38 heavy (non-hydrogen) atoms. The minimum atomic E-state index is -4.07. The number of rotatable bonds is 12. The van der Waals surface area contributed by atoms with E-state index >= 15 is 0 Å². The lowest BCUT2D eigenvalue weighted by atomic mass is 10.1. The van der Waals surface area contributed by atoms with Crippen LogP contribution in [0.2, 0.25) is 0 Å². The largest absolute Gasteiger partial charge is 0.354 e. The van der Waals surface area contributed by atoms with Gasteiger partial charge in [0.1, 0.15) is 12.6 Å². The van der Waals surface area contributed by atoms with Crippen molar-refractivity contribution in [3.63, 3.8) is 0 Å².